The number of nitriles is 1. The summed E-state index contributed by atoms with van der Waals surface area (Å²) in [7, 11) is 1.66. The third kappa shape index (κ3) is 2.78. The van der Waals surface area contributed by atoms with Crippen molar-refractivity contribution in [2.45, 2.75) is 18.8 Å². The number of piperidine rings is 1. The van der Waals surface area contributed by atoms with Gasteiger partial charge in [0.05, 0.1) is 19.1 Å². The minimum Gasteiger partial charge on any atom is -0.497 e. The van der Waals surface area contributed by atoms with Crippen LogP contribution in [0.5, 0.6) is 5.75 Å². The Kier molecular flexibility index (Phi) is 4.00. The SMILES string of the molecule is COc1cccc(C(C#N)C2CCCNC2)c1. The number of nitrogens with one attached hydrogen (secondary N) is 1. The molecule has 1 aromatic carbocycles. The van der Waals surface area contributed by atoms with Crippen LogP contribution in [0.1, 0.15) is 24.3 Å². The molecule has 2 rings (SSSR count). The van der Waals surface area contributed by atoms with Crippen molar-refractivity contribution in [3.05, 3.63) is 29.8 Å². The first-order valence-electron chi connectivity index (χ1n) is 6.09. The van der Waals surface area contributed by atoms with Crippen molar-refractivity contribution in [1.82, 2.24) is 5.32 Å². The summed E-state index contributed by atoms with van der Waals surface area (Å²) in [5, 5.41) is 12.7. The molecule has 2 atom stereocenters. The van der Waals surface area contributed by atoms with Crippen molar-refractivity contribution in [2.24, 2.45) is 5.92 Å². The fourth-order valence-electron chi connectivity index (χ4n) is 2.45. The van der Waals surface area contributed by atoms with Gasteiger partial charge in [-0.3, -0.25) is 0 Å². The third-order valence-electron chi connectivity index (χ3n) is 3.40. The van der Waals surface area contributed by atoms with Crippen LogP contribution in [0.2, 0.25) is 0 Å². The van der Waals surface area contributed by atoms with Crippen molar-refractivity contribution in [3.63, 3.8) is 0 Å². The third-order valence-corrected chi connectivity index (χ3v) is 3.40. The Morgan fingerprint density at radius 3 is 3.06 bits per heavy atom. The number of rotatable bonds is 3. The van der Waals surface area contributed by atoms with E-state index >= 15 is 0 Å². The monoisotopic (exact) mass is 230 g/mol. The van der Waals surface area contributed by atoms with Crippen molar-refractivity contribution in [2.75, 3.05) is 20.2 Å². The number of hydrogen-bond acceptors (Lipinski definition) is 3. The Bertz CT molecular complexity index is 405. The number of ether oxygens (including phenoxy) is 1. The van der Waals surface area contributed by atoms with Gasteiger partial charge in [0, 0.05) is 0 Å². The summed E-state index contributed by atoms with van der Waals surface area (Å²) in [5.41, 5.74) is 1.07. The Morgan fingerprint density at radius 1 is 1.53 bits per heavy atom. The molecule has 0 aliphatic carbocycles. The summed E-state index contributed by atoms with van der Waals surface area (Å²) in [5.74, 6) is 1.21. The molecule has 0 amide bonds. The topological polar surface area (TPSA) is 45.0 Å². The first kappa shape index (κ1) is 11.9. The van der Waals surface area contributed by atoms with Crippen molar-refractivity contribution in [1.29, 1.82) is 5.26 Å². The normalized spacial score (nSPS) is 21.5. The van der Waals surface area contributed by atoms with Gasteiger partial charge in [-0.05, 0) is 49.5 Å². The van der Waals surface area contributed by atoms with E-state index in [-0.39, 0.29) is 5.92 Å². The zero-order valence-corrected chi connectivity index (χ0v) is 10.1. The van der Waals surface area contributed by atoms with E-state index < -0.39 is 0 Å². The maximum Gasteiger partial charge on any atom is 0.119 e. The number of hydrogen-bond donors (Lipinski definition) is 1. The van der Waals surface area contributed by atoms with E-state index in [4.69, 9.17) is 4.74 Å². The molecule has 0 saturated carbocycles. The van der Waals surface area contributed by atoms with Crippen LogP contribution >= 0.6 is 0 Å². The molecule has 1 aliphatic rings. The van der Waals surface area contributed by atoms with Crippen LogP contribution in [0.3, 0.4) is 0 Å². The fourth-order valence-corrected chi connectivity index (χ4v) is 2.45. The average Bonchev–Trinajstić information content (AvgIpc) is 2.41. The Hall–Kier alpha value is -1.53. The largest absolute Gasteiger partial charge is 0.497 e. The minimum absolute atomic E-state index is 0.0297. The summed E-state index contributed by atoms with van der Waals surface area (Å²) in [6.45, 7) is 2.02. The van der Waals surface area contributed by atoms with E-state index in [9.17, 15) is 5.26 Å². The van der Waals surface area contributed by atoms with Crippen LogP contribution in [0.4, 0.5) is 0 Å². The molecule has 2 unspecified atom stereocenters. The second-order valence-electron chi connectivity index (χ2n) is 4.49. The molecule has 3 heteroatoms. The molecular formula is C14H18N2O. The fraction of sp³-hybridized carbons (Fsp3) is 0.500. The van der Waals surface area contributed by atoms with Crippen LogP contribution in [0, 0.1) is 17.2 Å². The lowest BCUT2D eigenvalue weighted by Gasteiger charge is -2.27. The van der Waals surface area contributed by atoms with Gasteiger partial charge in [0.15, 0.2) is 0 Å². The smallest absolute Gasteiger partial charge is 0.119 e. The van der Waals surface area contributed by atoms with Gasteiger partial charge in [0.25, 0.3) is 0 Å². The molecule has 1 heterocycles. The highest BCUT2D eigenvalue weighted by Gasteiger charge is 2.24. The molecule has 1 fully saturated rings. The van der Waals surface area contributed by atoms with E-state index in [2.05, 4.69) is 11.4 Å². The molecule has 3 nitrogen and oxygen atoms in total. The predicted molar refractivity (Wildman–Crippen MR) is 66.9 cm³/mol. The molecule has 0 spiro atoms. The quantitative estimate of drug-likeness (QED) is 0.866. The van der Waals surface area contributed by atoms with Gasteiger partial charge in [-0.2, -0.15) is 5.26 Å². The number of benzene rings is 1. The van der Waals surface area contributed by atoms with Gasteiger partial charge in [-0.1, -0.05) is 12.1 Å². The van der Waals surface area contributed by atoms with Crippen molar-refractivity contribution < 1.29 is 4.74 Å². The van der Waals surface area contributed by atoms with Crippen LogP contribution in [0.15, 0.2) is 24.3 Å². The lowest BCUT2D eigenvalue weighted by atomic mass is 9.82. The van der Waals surface area contributed by atoms with Gasteiger partial charge in [0.1, 0.15) is 5.75 Å². The second-order valence-corrected chi connectivity index (χ2v) is 4.49. The van der Waals surface area contributed by atoms with Crippen LogP contribution in [-0.4, -0.2) is 20.2 Å². The lowest BCUT2D eigenvalue weighted by molar-refractivity contribution is 0.353. The molecule has 0 aromatic heterocycles. The summed E-state index contributed by atoms with van der Waals surface area (Å²) in [6, 6.07) is 10.3. The van der Waals surface area contributed by atoms with Crippen molar-refractivity contribution in [3.8, 4) is 11.8 Å². The highest BCUT2D eigenvalue weighted by molar-refractivity contribution is 5.34. The van der Waals surface area contributed by atoms with Gasteiger partial charge in [0.2, 0.25) is 0 Å². The molecule has 0 radical (unpaired) electrons. The summed E-state index contributed by atoms with van der Waals surface area (Å²) in [6.07, 6.45) is 2.29. The zero-order chi connectivity index (χ0) is 12.1. The molecule has 1 N–H and O–H groups in total. The first-order chi connectivity index (χ1) is 8.35. The van der Waals surface area contributed by atoms with E-state index in [1.165, 1.54) is 0 Å². The van der Waals surface area contributed by atoms with E-state index in [0.29, 0.717) is 5.92 Å². The average molecular weight is 230 g/mol. The molecular weight excluding hydrogens is 212 g/mol. The molecule has 1 aromatic rings. The highest BCUT2D eigenvalue weighted by Crippen LogP contribution is 2.30. The van der Waals surface area contributed by atoms with E-state index in [1.807, 2.05) is 24.3 Å². The zero-order valence-electron chi connectivity index (χ0n) is 10.1. The number of nitrogens with zero attached hydrogens (tertiary/aromatic N) is 1. The Labute approximate surface area is 102 Å². The summed E-state index contributed by atoms with van der Waals surface area (Å²) < 4.78 is 5.21. The van der Waals surface area contributed by atoms with E-state index in [0.717, 1.165) is 37.2 Å². The maximum atomic E-state index is 9.38. The van der Waals surface area contributed by atoms with Crippen LogP contribution < -0.4 is 10.1 Å². The van der Waals surface area contributed by atoms with Gasteiger partial charge >= 0.3 is 0 Å². The lowest BCUT2D eigenvalue weighted by Crippen LogP contribution is -2.32. The maximum absolute atomic E-state index is 9.38. The minimum atomic E-state index is -0.0297. The molecule has 1 aliphatic heterocycles. The molecule has 17 heavy (non-hydrogen) atoms. The highest BCUT2D eigenvalue weighted by atomic mass is 16.5. The second kappa shape index (κ2) is 5.70. The summed E-state index contributed by atoms with van der Waals surface area (Å²) >= 11 is 0. The standard InChI is InChI=1S/C14H18N2O/c1-17-13-6-2-4-11(8-13)14(9-15)12-5-3-7-16-10-12/h2,4,6,8,12,14,16H,3,5,7,10H2,1H3. The van der Waals surface area contributed by atoms with Crippen LogP contribution in [-0.2, 0) is 0 Å². The molecule has 1 saturated heterocycles. The van der Waals surface area contributed by atoms with Gasteiger partial charge in [-0.25, -0.2) is 0 Å². The number of methoxy groups -OCH3 is 1. The Morgan fingerprint density at radius 2 is 2.41 bits per heavy atom. The summed E-state index contributed by atoms with van der Waals surface area (Å²) in [4.78, 5) is 0. The van der Waals surface area contributed by atoms with Crippen LogP contribution in [0.25, 0.3) is 0 Å². The molecule has 0 bridgehead atoms. The first-order valence-corrected chi connectivity index (χ1v) is 6.09. The molecule has 90 valence electrons. The van der Waals surface area contributed by atoms with Crippen molar-refractivity contribution >= 4 is 0 Å². The Balaban J connectivity index is 2.19. The predicted octanol–water partition coefficient (Wildman–Crippen LogP) is 2.30. The van der Waals surface area contributed by atoms with E-state index in [1.54, 1.807) is 7.11 Å². The van der Waals surface area contributed by atoms with Gasteiger partial charge in [-0.15, -0.1) is 0 Å². The van der Waals surface area contributed by atoms with Gasteiger partial charge < -0.3 is 10.1 Å².